The number of carbonyl (C=O) groups is 2. The highest BCUT2D eigenvalue weighted by molar-refractivity contribution is 7.91. The van der Waals surface area contributed by atoms with Crippen molar-refractivity contribution in [2.45, 2.75) is 62.8 Å². The molecule has 5 rings (SSSR count). The van der Waals surface area contributed by atoms with Crippen LogP contribution in [0.4, 0.5) is 10.5 Å². The third-order valence-corrected chi connectivity index (χ3v) is 8.35. The molecule has 1 aromatic heterocycles. The Labute approximate surface area is 199 Å². The summed E-state index contributed by atoms with van der Waals surface area (Å²) in [5, 5.41) is 13.1. The van der Waals surface area contributed by atoms with Gasteiger partial charge in [-0.2, -0.15) is 5.10 Å². The Morgan fingerprint density at radius 3 is 2.94 bits per heavy atom. The van der Waals surface area contributed by atoms with Crippen LogP contribution < -0.4 is 15.2 Å². The van der Waals surface area contributed by atoms with Gasteiger partial charge < -0.3 is 15.0 Å². The van der Waals surface area contributed by atoms with Crippen LogP contribution in [0.5, 0.6) is 5.88 Å². The van der Waals surface area contributed by atoms with Gasteiger partial charge in [0, 0.05) is 45.1 Å². The minimum Gasteiger partial charge on any atom is -0.477 e. The van der Waals surface area contributed by atoms with Gasteiger partial charge in [-0.15, -0.1) is 4.36 Å². The molecule has 3 N–H and O–H groups in total. The number of rotatable bonds is 4. The molecule has 2 atom stereocenters. The summed E-state index contributed by atoms with van der Waals surface area (Å²) >= 11 is 0. The number of hydrogen-bond acceptors (Lipinski definition) is 5. The van der Waals surface area contributed by atoms with E-state index in [1.807, 2.05) is 0 Å². The van der Waals surface area contributed by atoms with E-state index in [1.54, 1.807) is 23.6 Å². The molecule has 3 aliphatic rings. The summed E-state index contributed by atoms with van der Waals surface area (Å²) in [5.41, 5.74) is 5.36. The van der Waals surface area contributed by atoms with Crippen molar-refractivity contribution in [2.75, 3.05) is 25.5 Å². The van der Waals surface area contributed by atoms with Gasteiger partial charge in [0.25, 0.3) is 0 Å². The first-order valence-electron chi connectivity index (χ1n) is 11.7. The van der Waals surface area contributed by atoms with E-state index in [0.717, 1.165) is 55.3 Å². The molecule has 2 unspecified atom stereocenters. The summed E-state index contributed by atoms with van der Waals surface area (Å²) in [6.45, 7) is 3.24. The highest BCUT2D eigenvalue weighted by Crippen LogP contribution is 2.44. The standard InChI is InChI=1S/C23H30N6O4S/c1-14(30)28(2)13-17-8-7-16-11-15-5-3-6-18(15)21(20(16)17)26-23(31)27-34(24,32)19-12-25-29-9-4-10-33-22(19)29/h11-12,17H,3-10,13H2,1-2H3,(H3,24,26,27,31,32). The maximum atomic E-state index is 13.2. The van der Waals surface area contributed by atoms with Crippen LogP contribution in [-0.4, -0.2) is 51.0 Å². The number of hydrogen-bond donors (Lipinski definition) is 2. The van der Waals surface area contributed by atoms with E-state index < -0.39 is 15.9 Å². The first-order valence-corrected chi connectivity index (χ1v) is 13.3. The number of carbonyl (C=O) groups excluding carboxylic acids is 2. The van der Waals surface area contributed by atoms with Gasteiger partial charge in [0.15, 0.2) is 9.92 Å². The molecule has 0 saturated carbocycles. The second-order valence-electron chi connectivity index (χ2n) is 9.28. The molecule has 0 saturated heterocycles. The summed E-state index contributed by atoms with van der Waals surface area (Å²) in [6.07, 6.45) is 6.80. The third kappa shape index (κ3) is 4.07. The van der Waals surface area contributed by atoms with Crippen LogP contribution in [0.3, 0.4) is 0 Å². The predicted octanol–water partition coefficient (Wildman–Crippen LogP) is 2.60. The monoisotopic (exact) mass is 486 g/mol. The number of fused-ring (bicyclic) bond motifs is 3. The summed E-state index contributed by atoms with van der Waals surface area (Å²) < 4.78 is 24.3. The second-order valence-corrected chi connectivity index (χ2v) is 11.0. The lowest BCUT2D eigenvalue weighted by atomic mass is 9.93. The van der Waals surface area contributed by atoms with E-state index >= 15 is 0 Å². The lowest BCUT2D eigenvalue weighted by molar-refractivity contribution is -0.127. The lowest BCUT2D eigenvalue weighted by Crippen LogP contribution is -2.28. The van der Waals surface area contributed by atoms with Crippen molar-refractivity contribution >= 4 is 27.5 Å². The van der Waals surface area contributed by atoms with Crippen LogP contribution in [0.25, 0.3) is 0 Å². The Morgan fingerprint density at radius 1 is 1.32 bits per heavy atom. The largest absolute Gasteiger partial charge is 0.477 e. The van der Waals surface area contributed by atoms with Crippen LogP contribution in [0.1, 0.15) is 54.4 Å². The molecule has 34 heavy (non-hydrogen) atoms. The number of ether oxygens (including phenoxy) is 1. The van der Waals surface area contributed by atoms with Gasteiger partial charge in [-0.25, -0.2) is 18.8 Å². The molecular formula is C23H30N6O4S. The van der Waals surface area contributed by atoms with Crippen LogP contribution >= 0.6 is 0 Å². The number of nitrogens with one attached hydrogen (secondary N) is 1. The lowest BCUT2D eigenvalue weighted by Gasteiger charge is -2.24. The Hall–Kier alpha value is -2.92. The number of anilines is 1. The zero-order valence-corrected chi connectivity index (χ0v) is 20.3. The molecule has 2 aromatic rings. The molecule has 1 aliphatic heterocycles. The predicted molar refractivity (Wildman–Crippen MR) is 127 cm³/mol. The molecule has 0 spiro atoms. The normalized spacial score (nSPS) is 19.9. The van der Waals surface area contributed by atoms with Gasteiger partial charge in [-0.05, 0) is 54.4 Å². The fraction of sp³-hybridized carbons (Fsp3) is 0.522. The molecule has 1 aromatic carbocycles. The van der Waals surface area contributed by atoms with Gasteiger partial charge in [-0.3, -0.25) is 4.79 Å². The second kappa shape index (κ2) is 8.70. The zero-order valence-electron chi connectivity index (χ0n) is 19.5. The molecule has 0 radical (unpaired) electrons. The number of aromatic nitrogens is 2. The molecule has 2 heterocycles. The molecule has 3 amide bonds. The molecule has 10 nitrogen and oxygen atoms in total. The van der Waals surface area contributed by atoms with Gasteiger partial charge >= 0.3 is 6.03 Å². The zero-order chi connectivity index (χ0) is 24.0. The third-order valence-electron chi connectivity index (χ3n) is 7.01. The minimum absolute atomic E-state index is 0.00444. The number of nitrogens with two attached hydrogens (primary N) is 1. The molecule has 0 bridgehead atoms. The fourth-order valence-electron chi connectivity index (χ4n) is 5.30. The maximum Gasteiger partial charge on any atom is 0.354 e. The van der Waals surface area contributed by atoms with E-state index in [-0.39, 0.29) is 16.7 Å². The molecule has 2 aliphatic carbocycles. The summed E-state index contributed by atoms with van der Waals surface area (Å²) in [7, 11) is -1.76. The number of amides is 3. The summed E-state index contributed by atoms with van der Waals surface area (Å²) in [5.74, 6) is 0.428. The van der Waals surface area contributed by atoms with Gasteiger partial charge in [0.05, 0.1) is 12.8 Å². The number of nitrogens with zero attached hydrogens (tertiary/aromatic N) is 4. The van der Waals surface area contributed by atoms with Gasteiger partial charge in [-0.1, -0.05) is 6.07 Å². The van der Waals surface area contributed by atoms with Crippen molar-refractivity contribution in [2.24, 2.45) is 9.50 Å². The fourth-order valence-corrected chi connectivity index (χ4v) is 6.31. The highest BCUT2D eigenvalue weighted by Gasteiger charge is 2.32. The van der Waals surface area contributed by atoms with Gasteiger partial charge in [0.2, 0.25) is 11.8 Å². The Kier molecular flexibility index (Phi) is 5.85. The quantitative estimate of drug-likeness (QED) is 0.686. The van der Waals surface area contributed by atoms with E-state index in [2.05, 4.69) is 20.8 Å². The number of benzene rings is 1. The number of aryl methyl sites for hydroxylation is 3. The minimum atomic E-state index is -3.55. The SMILES string of the molecule is CC(=O)N(C)CC1CCc2cc3c(c(NC(=O)N=S(N)(=O)c4cnn5c4OCCC5)c21)CCC3. The smallest absolute Gasteiger partial charge is 0.354 e. The van der Waals surface area contributed by atoms with E-state index in [1.165, 1.54) is 17.3 Å². The topological polar surface area (TPSA) is 132 Å². The van der Waals surface area contributed by atoms with Crippen molar-refractivity contribution in [3.8, 4) is 5.88 Å². The Morgan fingerprint density at radius 2 is 2.15 bits per heavy atom. The Balaban J connectivity index is 1.49. The van der Waals surface area contributed by atoms with Crippen LogP contribution in [0.15, 0.2) is 21.5 Å². The van der Waals surface area contributed by atoms with Crippen LogP contribution in [0.2, 0.25) is 0 Å². The first kappa shape index (κ1) is 22.9. The molecular weight excluding hydrogens is 456 g/mol. The van der Waals surface area contributed by atoms with Crippen LogP contribution in [0, 0.1) is 0 Å². The first-order chi connectivity index (χ1) is 16.2. The molecule has 11 heteroatoms. The highest BCUT2D eigenvalue weighted by atomic mass is 32.2. The number of likely N-dealkylation sites (N-methyl/N-ethyl adjacent to an activating group) is 1. The molecule has 182 valence electrons. The summed E-state index contributed by atoms with van der Waals surface area (Å²) in [4.78, 5) is 26.7. The van der Waals surface area contributed by atoms with Crippen molar-refractivity contribution in [1.82, 2.24) is 14.7 Å². The number of urea groups is 1. The maximum absolute atomic E-state index is 13.2. The van der Waals surface area contributed by atoms with E-state index in [4.69, 9.17) is 9.88 Å². The van der Waals surface area contributed by atoms with Gasteiger partial charge in [0.1, 0.15) is 4.90 Å². The van der Waals surface area contributed by atoms with E-state index in [0.29, 0.717) is 25.6 Å². The van der Waals surface area contributed by atoms with Crippen LogP contribution in [-0.2, 0) is 40.5 Å². The Bertz CT molecular complexity index is 1290. The van der Waals surface area contributed by atoms with Crippen molar-refractivity contribution < 1.29 is 18.5 Å². The molecule has 0 fully saturated rings. The van der Waals surface area contributed by atoms with Crippen molar-refractivity contribution in [1.29, 1.82) is 0 Å². The van der Waals surface area contributed by atoms with Crippen molar-refractivity contribution in [3.63, 3.8) is 0 Å². The average molecular weight is 487 g/mol. The van der Waals surface area contributed by atoms with E-state index in [9.17, 15) is 13.8 Å². The average Bonchev–Trinajstić information content (AvgIpc) is 3.51. The van der Waals surface area contributed by atoms with Crippen molar-refractivity contribution in [3.05, 3.63) is 34.5 Å². The summed E-state index contributed by atoms with van der Waals surface area (Å²) in [6, 6.07) is 1.50.